The van der Waals surface area contributed by atoms with Crippen LogP contribution in [0.2, 0.25) is 0 Å². The number of rotatable bonds is 12. The first-order valence-electron chi connectivity index (χ1n) is 11.5. The second-order valence-electron chi connectivity index (χ2n) is 8.13. The normalized spacial score (nSPS) is 16.9. The van der Waals surface area contributed by atoms with Gasteiger partial charge < -0.3 is 14.2 Å². The maximum absolute atomic E-state index is 6.35. The Morgan fingerprint density at radius 3 is 2.27 bits per heavy atom. The molecule has 0 radical (unpaired) electrons. The molecular weight excluding hydrogens is 374 g/mol. The van der Waals surface area contributed by atoms with Crippen molar-refractivity contribution in [2.24, 2.45) is 0 Å². The van der Waals surface area contributed by atoms with Crippen LogP contribution in [0.15, 0.2) is 48.5 Å². The van der Waals surface area contributed by atoms with Crippen LogP contribution in [0.3, 0.4) is 0 Å². The summed E-state index contributed by atoms with van der Waals surface area (Å²) < 4.78 is 17.4. The molecule has 2 aromatic carbocycles. The minimum absolute atomic E-state index is 0.205. The lowest BCUT2D eigenvalue weighted by molar-refractivity contribution is -0.00477. The van der Waals surface area contributed by atoms with Gasteiger partial charge in [0, 0.05) is 13.1 Å². The van der Waals surface area contributed by atoms with Gasteiger partial charge in [0.1, 0.15) is 23.9 Å². The Balaban J connectivity index is 1.45. The summed E-state index contributed by atoms with van der Waals surface area (Å²) >= 11 is 0. The molecule has 1 saturated heterocycles. The monoisotopic (exact) mass is 411 g/mol. The molecule has 0 amide bonds. The van der Waals surface area contributed by atoms with Gasteiger partial charge in [0.05, 0.1) is 7.11 Å². The summed E-state index contributed by atoms with van der Waals surface area (Å²) in [5.41, 5.74) is 1.12. The van der Waals surface area contributed by atoms with Crippen LogP contribution >= 0.6 is 0 Å². The molecule has 1 unspecified atom stereocenters. The average molecular weight is 412 g/mol. The van der Waals surface area contributed by atoms with Crippen molar-refractivity contribution >= 4 is 0 Å². The molecule has 0 aliphatic carbocycles. The Kier molecular flexibility index (Phi) is 9.36. The molecule has 4 heteroatoms. The molecule has 4 nitrogen and oxygen atoms in total. The van der Waals surface area contributed by atoms with E-state index in [1.54, 1.807) is 7.11 Å². The van der Waals surface area contributed by atoms with E-state index >= 15 is 0 Å². The Morgan fingerprint density at radius 1 is 0.833 bits per heavy atom. The SMILES string of the molecule is CCCCCCCN1CCCCC1Oc1ccc(OCc2ccc(OC)cc2)cc1. The highest BCUT2D eigenvalue weighted by Gasteiger charge is 2.23. The molecule has 0 N–H and O–H groups in total. The van der Waals surface area contributed by atoms with Crippen LogP contribution in [-0.4, -0.2) is 31.3 Å². The molecule has 1 aliphatic rings. The summed E-state index contributed by atoms with van der Waals surface area (Å²) in [5, 5.41) is 0. The zero-order chi connectivity index (χ0) is 21.0. The molecule has 0 aromatic heterocycles. The molecule has 1 heterocycles. The quantitative estimate of drug-likeness (QED) is 0.376. The summed E-state index contributed by atoms with van der Waals surface area (Å²) in [6.07, 6.45) is 10.5. The third-order valence-corrected chi connectivity index (χ3v) is 5.76. The Labute approximate surface area is 182 Å². The highest BCUT2D eigenvalue weighted by molar-refractivity contribution is 5.32. The number of nitrogens with zero attached hydrogens (tertiary/aromatic N) is 1. The predicted molar refractivity (Wildman–Crippen MR) is 122 cm³/mol. The summed E-state index contributed by atoms with van der Waals surface area (Å²) in [6.45, 7) is 5.11. The van der Waals surface area contributed by atoms with E-state index in [2.05, 4.69) is 11.8 Å². The first-order valence-corrected chi connectivity index (χ1v) is 11.5. The number of likely N-dealkylation sites (tertiary alicyclic amines) is 1. The lowest BCUT2D eigenvalue weighted by Gasteiger charge is -2.35. The van der Waals surface area contributed by atoms with Crippen LogP contribution in [0, 0.1) is 0 Å². The summed E-state index contributed by atoms with van der Waals surface area (Å²) in [7, 11) is 1.68. The fourth-order valence-corrected chi connectivity index (χ4v) is 3.93. The molecule has 30 heavy (non-hydrogen) atoms. The van der Waals surface area contributed by atoms with Gasteiger partial charge in [-0.1, -0.05) is 44.7 Å². The van der Waals surface area contributed by atoms with Crippen molar-refractivity contribution in [2.75, 3.05) is 20.2 Å². The molecule has 3 rings (SSSR count). The van der Waals surface area contributed by atoms with E-state index in [4.69, 9.17) is 14.2 Å². The third kappa shape index (κ3) is 7.24. The number of methoxy groups -OCH3 is 1. The summed E-state index contributed by atoms with van der Waals surface area (Å²) in [4.78, 5) is 2.53. The summed E-state index contributed by atoms with van der Waals surface area (Å²) in [5.74, 6) is 2.64. The van der Waals surface area contributed by atoms with Crippen molar-refractivity contribution in [3.8, 4) is 17.2 Å². The minimum Gasteiger partial charge on any atom is -0.497 e. The lowest BCUT2D eigenvalue weighted by Crippen LogP contribution is -2.43. The van der Waals surface area contributed by atoms with Gasteiger partial charge in [0.25, 0.3) is 0 Å². The molecule has 1 fully saturated rings. The standard InChI is InChI=1S/C26H37NO3/c1-3-4-5-6-8-19-27-20-9-7-10-26(27)30-25-17-15-24(16-18-25)29-21-22-11-13-23(28-2)14-12-22/h11-18,26H,3-10,19-21H2,1-2H3. The van der Waals surface area contributed by atoms with Crippen LogP contribution in [-0.2, 0) is 6.61 Å². The molecule has 1 atom stereocenters. The number of hydrogen-bond donors (Lipinski definition) is 0. The fraction of sp³-hybridized carbons (Fsp3) is 0.538. The van der Waals surface area contributed by atoms with Crippen molar-refractivity contribution in [3.05, 3.63) is 54.1 Å². The first kappa shape index (κ1) is 22.5. The summed E-state index contributed by atoms with van der Waals surface area (Å²) in [6, 6.07) is 16.0. The molecule has 2 aromatic rings. The Bertz CT molecular complexity index is 714. The highest BCUT2D eigenvalue weighted by Crippen LogP contribution is 2.25. The number of unbranched alkanes of at least 4 members (excludes halogenated alkanes) is 4. The van der Waals surface area contributed by atoms with E-state index in [0.29, 0.717) is 6.61 Å². The van der Waals surface area contributed by atoms with Gasteiger partial charge in [-0.3, -0.25) is 4.90 Å². The molecule has 1 aliphatic heterocycles. The van der Waals surface area contributed by atoms with E-state index in [9.17, 15) is 0 Å². The van der Waals surface area contributed by atoms with Crippen LogP contribution in [0.5, 0.6) is 17.2 Å². The average Bonchev–Trinajstić information content (AvgIpc) is 2.80. The van der Waals surface area contributed by atoms with Crippen LogP contribution in [0.4, 0.5) is 0 Å². The molecule has 164 valence electrons. The van der Waals surface area contributed by atoms with Crippen LogP contribution in [0.25, 0.3) is 0 Å². The van der Waals surface area contributed by atoms with Crippen LogP contribution < -0.4 is 14.2 Å². The van der Waals surface area contributed by atoms with Crippen molar-refractivity contribution < 1.29 is 14.2 Å². The second kappa shape index (κ2) is 12.5. The van der Waals surface area contributed by atoms with Gasteiger partial charge >= 0.3 is 0 Å². The van der Waals surface area contributed by atoms with E-state index in [-0.39, 0.29) is 6.23 Å². The smallest absolute Gasteiger partial charge is 0.152 e. The second-order valence-corrected chi connectivity index (χ2v) is 8.13. The van der Waals surface area contributed by atoms with E-state index in [0.717, 1.165) is 42.3 Å². The number of piperidine rings is 1. The van der Waals surface area contributed by atoms with Gasteiger partial charge in [-0.2, -0.15) is 0 Å². The largest absolute Gasteiger partial charge is 0.497 e. The van der Waals surface area contributed by atoms with E-state index in [1.807, 2.05) is 48.5 Å². The topological polar surface area (TPSA) is 30.9 Å². The van der Waals surface area contributed by atoms with Crippen molar-refractivity contribution in [3.63, 3.8) is 0 Å². The zero-order valence-electron chi connectivity index (χ0n) is 18.6. The van der Waals surface area contributed by atoms with Gasteiger partial charge in [0.15, 0.2) is 6.23 Å². The Morgan fingerprint density at radius 2 is 1.53 bits per heavy atom. The van der Waals surface area contributed by atoms with Gasteiger partial charge in [0.2, 0.25) is 0 Å². The highest BCUT2D eigenvalue weighted by atomic mass is 16.5. The third-order valence-electron chi connectivity index (χ3n) is 5.76. The predicted octanol–water partition coefficient (Wildman–Crippen LogP) is 6.44. The maximum Gasteiger partial charge on any atom is 0.152 e. The molecule has 0 saturated carbocycles. The number of benzene rings is 2. The van der Waals surface area contributed by atoms with Crippen molar-refractivity contribution in [2.45, 2.75) is 71.1 Å². The molecule has 0 spiro atoms. The number of hydrogen-bond acceptors (Lipinski definition) is 4. The van der Waals surface area contributed by atoms with Crippen molar-refractivity contribution in [1.29, 1.82) is 0 Å². The van der Waals surface area contributed by atoms with Gasteiger partial charge in [-0.25, -0.2) is 0 Å². The maximum atomic E-state index is 6.35. The van der Waals surface area contributed by atoms with E-state index in [1.165, 1.54) is 44.9 Å². The first-order chi connectivity index (χ1) is 14.8. The fourth-order valence-electron chi connectivity index (χ4n) is 3.93. The number of ether oxygens (including phenoxy) is 3. The Hall–Kier alpha value is -2.20. The minimum atomic E-state index is 0.205. The van der Waals surface area contributed by atoms with Crippen LogP contribution in [0.1, 0.15) is 63.9 Å². The lowest BCUT2D eigenvalue weighted by atomic mass is 10.1. The van der Waals surface area contributed by atoms with Gasteiger partial charge in [-0.05, 0) is 67.6 Å². The van der Waals surface area contributed by atoms with E-state index < -0.39 is 0 Å². The van der Waals surface area contributed by atoms with Gasteiger partial charge in [-0.15, -0.1) is 0 Å². The zero-order valence-corrected chi connectivity index (χ0v) is 18.6. The molecule has 0 bridgehead atoms. The molecular formula is C26H37NO3. The van der Waals surface area contributed by atoms with Crippen molar-refractivity contribution in [1.82, 2.24) is 4.90 Å².